The number of fused-ring (bicyclic) bond motifs is 1. The lowest BCUT2D eigenvalue weighted by Crippen LogP contribution is -2.36. The number of aryl methyl sites for hydroxylation is 2. The largest absolute Gasteiger partial charge is 0.383 e. The monoisotopic (exact) mass is 477 g/mol. The number of pyridine rings is 1. The van der Waals surface area contributed by atoms with Crippen molar-refractivity contribution < 1.29 is 9.53 Å². The number of anilines is 3. The molecule has 1 fully saturated rings. The molecule has 0 spiro atoms. The number of carbonyl (C=O) groups is 1. The first-order valence-corrected chi connectivity index (χ1v) is 12.3. The summed E-state index contributed by atoms with van der Waals surface area (Å²) in [5.74, 6) is 0.0844. The van der Waals surface area contributed by atoms with Gasteiger partial charge in [-0.1, -0.05) is 11.9 Å². The predicted molar refractivity (Wildman–Crippen MR) is 137 cm³/mol. The maximum atomic E-state index is 13.4. The second-order valence-electron chi connectivity index (χ2n) is 8.34. The Labute approximate surface area is 201 Å². The van der Waals surface area contributed by atoms with Crippen LogP contribution >= 0.6 is 11.9 Å². The van der Waals surface area contributed by atoms with Crippen molar-refractivity contribution in [2.45, 2.75) is 13.8 Å². The molecule has 5 rings (SSSR count). The average molecular weight is 478 g/mol. The van der Waals surface area contributed by atoms with Gasteiger partial charge < -0.3 is 25.1 Å². The molecule has 0 radical (unpaired) electrons. The van der Waals surface area contributed by atoms with Gasteiger partial charge in [0.15, 0.2) is 0 Å². The lowest BCUT2D eigenvalue weighted by atomic mass is 10.1. The smallest absolute Gasteiger partial charge is 0.214 e. The van der Waals surface area contributed by atoms with Crippen molar-refractivity contribution in [3.63, 3.8) is 0 Å². The predicted octanol–water partition coefficient (Wildman–Crippen LogP) is 3.71. The van der Waals surface area contributed by atoms with Crippen LogP contribution in [0.15, 0.2) is 36.7 Å². The molecule has 3 aromatic heterocycles. The molecule has 9 nitrogen and oxygen atoms in total. The van der Waals surface area contributed by atoms with Crippen LogP contribution in [0.1, 0.15) is 27.3 Å². The lowest BCUT2D eigenvalue weighted by Gasteiger charge is -2.30. The van der Waals surface area contributed by atoms with Crippen molar-refractivity contribution in [3.05, 3.63) is 59.2 Å². The number of ketones is 1. The van der Waals surface area contributed by atoms with E-state index in [1.165, 1.54) is 18.1 Å². The van der Waals surface area contributed by atoms with Crippen LogP contribution in [0, 0.1) is 13.8 Å². The van der Waals surface area contributed by atoms with E-state index in [4.69, 9.17) is 10.5 Å². The van der Waals surface area contributed by atoms with Crippen LogP contribution < -0.4 is 15.4 Å². The van der Waals surface area contributed by atoms with Gasteiger partial charge in [-0.3, -0.25) is 9.78 Å². The van der Waals surface area contributed by atoms with E-state index in [1.807, 2.05) is 38.3 Å². The van der Waals surface area contributed by atoms with Crippen LogP contribution in [-0.4, -0.2) is 58.1 Å². The molecule has 0 saturated carbocycles. The number of nitrogens with one attached hydrogen (secondary N) is 2. The van der Waals surface area contributed by atoms with Gasteiger partial charge in [0.1, 0.15) is 5.82 Å². The minimum atomic E-state index is -0.204. The highest BCUT2D eigenvalue weighted by Gasteiger charge is 2.22. The van der Waals surface area contributed by atoms with Gasteiger partial charge in [0.05, 0.1) is 53.9 Å². The zero-order valence-electron chi connectivity index (χ0n) is 19.4. The molecule has 1 saturated heterocycles. The van der Waals surface area contributed by atoms with Crippen LogP contribution in [0.5, 0.6) is 0 Å². The Morgan fingerprint density at radius 3 is 2.68 bits per heavy atom. The van der Waals surface area contributed by atoms with Gasteiger partial charge >= 0.3 is 0 Å². The Morgan fingerprint density at radius 1 is 1.15 bits per heavy atom. The molecule has 4 heterocycles. The Balaban J connectivity index is 1.51. The van der Waals surface area contributed by atoms with E-state index in [0.29, 0.717) is 24.5 Å². The fraction of sp³-hybridized carbons (Fsp3) is 0.292. The zero-order chi connectivity index (χ0) is 23.8. The summed E-state index contributed by atoms with van der Waals surface area (Å²) in [5.41, 5.74) is 12.8. The van der Waals surface area contributed by atoms with Gasteiger partial charge in [0.2, 0.25) is 5.78 Å². The van der Waals surface area contributed by atoms with Crippen molar-refractivity contribution in [3.8, 4) is 5.69 Å². The third-order valence-electron chi connectivity index (χ3n) is 6.04. The molecule has 176 valence electrons. The number of hydrogen-bond acceptors (Lipinski definition) is 8. The molecular formula is C24H27N7O2S. The topological polar surface area (TPSA) is 114 Å². The Bertz CT molecular complexity index is 1370. The molecule has 1 aromatic carbocycles. The first-order valence-electron chi connectivity index (χ1n) is 11.1. The number of nitrogens with zero attached hydrogens (tertiary/aromatic N) is 4. The third kappa shape index (κ3) is 3.99. The molecule has 0 atom stereocenters. The van der Waals surface area contributed by atoms with Crippen molar-refractivity contribution in [1.29, 1.82) is 0 Å². The van der Waals surface area contributed by atoms with Crippen LogP contribution in [0.4, 0.5) is 17.2 Å². The molecule has 4 N–H and O–H groups in total. The molecule has 0 amide bonds. The normalized spacial score (nSPS) is 14.0. The number of aromatic nitrogens is 4. The van der Waals surface area contributed by atoms with Crippen molar-refractivity contribution >= 4 is 45.8 Å². The zero-order valence-corrected chi connectivity index (χ0v) is 20.2. The molecular weight excluding hydrogens is 450 g/mol. The Kier molecular flexibility index (Phi) is 5.93. The number of morpholine rings is 1. The fourth-order valence-corrected chi connectivity index (χ4v) is 4.71. The summed E-state index contributed by atoms with van der Waals surface area (Å²) in [6.07, 6.45) is 5.23. The molecule has 10 heteroatoms. The van der Waals surface area contributed by atoms with Gasteiger partial charge in [0.25, 0.3) is 0 Å². The number of ether oxygens (including phenoxy) is 1. The number of benzene rings is 1. The average Bonchev–Trinajstić information content (AvgIpc) is 3.42. The molecule has 1 aliphatic heterocycles. The van der Waals surface area contributed by atoms with Crippen LogP contribution in [0.2, 0.25) is 0 Å². The number of H-pyrrole nitrogens is 1. The summed E-state index contributed by atoms with van der Waals surface area (Å²) in [5, 5.41) is 5.34. The number of nitrogen functional groups attached to an aromatic ring is 1. The lowest BCUT2D eigenvalue weighted by molar-refractivity contribution is 0.103. The first kappa shape index (κ1) is 22.3. The van der Waals surface area contributed by atoms with E-state index < -0.39 is 0 Å². The summed E-state index contributed by atoms with van der Waals surface area (Å²) < 4.78 is 10.4. The minimum absolute atomic E-state index is 0.204. The molecule has 0 unspecified atom stereocenters. The maximum absolute atomic E-state index is 13.4. The highest BCUT2D eigenvalue weighted by molar-refractivity contribution is 7.99. The van der Waals surface area contributed by atoms with E-state index in [2.05, 4.69) is 30.8 Å². The second-order valence-corrected chi connectivity index (χ2v) is 8.95. The molecule has 0 bridgehead atoms. The van der Waals surface area contributed by atoms with Crippen molar-refractivity contribution in [2.24, 2.45) is 0 Å². The summed E-state index contributed by atoms with van der Waals surface area (Å²) in [6.45, 7) is 6.95. The quantitative estimate of drug-likeness (QED) is 0.285. The third-order valence-corrected chi connectivity index (χ3v) is 6.47. The molecule has 4 aromatic rings. The number of carbonyl (C=O) groups excluding carboxylic acids is 1. The first-order chi connectivity index (χ1) is 16.5. The summed E-state index contributed by atoms with van der Waals surface area (Å²) >= 11 is 1.53. The highest BCUT2D eigenvalue weighted by Crippen LogP contribution is 2.34. The van der Waals surface area contributed by atoms with Crippen LogP contribution in [-0.2, 0) is 4.74 Å². The van der Waals surface area contributed by atoms with E-state index in [1.54, 1.807) is 10.9 Å². The second kappa shape index (κ2) is 9.03. The van der Waals surface area contributed by atoms with E-state index in [9.17, 15) is 4.79 Å². The van der Waals surface area contributed by atoms with E-state index >= 15 is 0 Å². The highest BCUT2D eigenvalue weighted by atomic mass is 32.2. The summed E-state index contributed by atoms with van der Waals surface area (Å²) in [4.78, 5) is 23.3. The van der Waals surface area contributed by atoms with Crippen LogP contribution in [0.25, 0.3) is 16.6 Å². The summed E-state index contributed by atoms with van der Waals surface area (Å²) in [6, 6.07) is 7.99. The molecule has 1 aliphatic rings. The maximum Gasteiger partial charge on any atom is 0.214 e. The van der Waals surface area contributed by atoms with Gasteiger partial charge in [-0.25, -0.2) is 4.68 Å². The molecule has 0 aliphatic carbocycles. The number of nitrogens with two attached hydrogens (primary N) is 1. The Hall–Kier alpha value is -3.50. The Morgan fingerprint density at radius 2 is 1.94 bits per heavy atom. The van der Waals surface area contributed by atoms with Gasteiger partial charge in [-0.15, -0.1) is 0 Å². The number of hydrogen-bond donors (Lipinski definition) is 3. The van der Waals surface area contributed by atoms with Gasteiger partial charge in [0, 0.05) is 35.9 Å². The van der Waals surface area contributed by atoms with Crippen molar-refractivity contribution in [1.82, 2.24) is 19.7 Å². The summed E-state index contributed by atoms with van der Waals surface area (Å²) in [7, 11) is 0. The number of aromatic amines is 1. The van der Waals surface area contributed by atoms with E-state index in [0.717, 1.165) is 52.3 Å². The fourth-order valence-electron chi connectivity index (χ4n) is 4.33. The number of rotatable bonds is 6. The van der Waals surface area contributed by atoms with Crippen molar-refractivity contribution in [2.75, 3.05) is 47.9 Å². The SMILES string of the molecule is CSNc1cc2[nH]c(C(=O)c3cnn(-c4cnc(C)cc4C)c3N)cc2cc1N1CCOCC1. The minimum Gasteiger partial charge on any atom is -0.383 e. The van der Waals surface area contributed by atoms with Gasteiger partial charge in [-0.05, 0) is 43.7 Å². The van der Waals surface area contributed by atoms with Gasteiger partial charge in [-0.2, -0.15) is 5.10 Å². The van der Waals surface area contributed by atoms with Crippen LogP contribution in [0.3, 0.4) is 0 Å². The molecule has 34 heavy (non-hydrogen) atoms. The van der Waals surface area contributed by atoms with E-state index in [-0.39, 0.29) is 11.6 Å². The standard InChI is InChI=1S/C24H27N7O2S/c1-14-8-15(2)26-13-22(14)31-24(25)17(12-27-31)23(32)20-9-16-10-21(30-4-6-33-7-5-30)19(29-34-3)11-18(16)28-20/h8-13,28-29H,4-7,25H2,1-3H3.